The van der Waals surface area contributed by atoms with Crippen molar-refractivity contribution in [3.8, 4) is 86.2 Å². The predicted molar refractivity (Wildman–Crippen MR) is 383 cm³/mol. The number of phenols is 8. The molecule has 0 spiro atoms. The van der Waals surface area contributed by atoms with E-state index in [1.807, 2.05) is 84.4 Å². The van der Waals surface area contributed by atoms with Gasteiger partial charge in [0, 0.05) is 199 Å². The van der Waals surface area contributed by atoms with E-state index in [0.29, 0.717) is 45.2 Å². The number of phenolic OH excluding ortho intramolecular Hbond substituents is 8. The van der Waals surface area contributed by atoms with Gasteiger partial charge in [-0.25, -0.2) is 0 Å². The fourth-order valence-electron chi connectivity index (χ4n) is 10.4. The van der Waals surface area contributed by atoms with Gasteiger partial charge in [-0.2, -0.15) is 0 Å². The van der Waals surface area contributed by atoms with Crippen LogP contribution in [0.15, 0.2) is 171 Å². The van der Waals surface area contributed by atoms with Crippen molar-refractivity contribution in [1.82, 2.24) is 34.1 Å². The summed E-state index contributed by atoms with van der Waals surface area (Å²) in [7, 11) is 6.83. The van der Waals surface area contributed by atoms with Crippen molar-refractivity contribution in [1.29, 1.82) is 0 Å². The van der Waals surface area contributed by atoms with Crippen LogP contribution in [-0.2, 0) is 38.1 Å². The van der Waals surface area contributed by atoms with Crippen molar-refractivity contribution < 1.29 is 103 Å². The minimum Gasteiger partial charge on any atom is -0.506 e. The molecule has 103 heavy (non-hydrogen) atoms. The molecular formula is C75H69N7O21. The highest BCUT2D eigenvalue weighted by molar-refractivity contribution is 6.11. The van der Waals surface area contributed by atoms with Crippen LogP contribution in [-0.4, -0.2) is 125 Å². The number of aryl methyl sites for hydroxylation is 2. The first-order valence-corrected chi connectivity index (χ1v) is 30.8. The first-order valence-electron chi connectivity index (χ1n) is 30.8. The third kappa shape index (κ3) is 18.0. The van der Waals surface area contributed by atoms with Crippen LogP contribution in [0.4, 0.5) is 0 Å². The number of benzene rings is 8. The molecule has 28 nitrogen and oxygen atoms in total. The van der Waals surface area contributed by atoms with Gasteiger partial charge in [-0.1, -0.05) is 0 Å². The van der Waals surface area contributed by atoms with Crippen LogP contribution in [0.2, 0.25) is 0 Å². The van der Waals surface area contributed by atoms with Crippen molar-refractivity contribution in [2.45, 2.75) is 34.6 Å². The maximum atomic E-state index is 11.0. The average Bonchev–Trinajstić information content (AvgIpc) is 1.62. The summed E-state index contributed by atoms with van der Waals surface area (Å²) in [4.78, 5) is 80.3. The number of ether oxygens (including phenoxy) is 7. The molecule has 7 heterocycles. The van der Waals surface area contributed by atoms with Crippen molar-refractivity contribution in [2.24, 2.45) is 14.1 Å². The predicted octanol–water partition coefficient (Wildman–Crippen LogP) is 13.5. The van der Waals surface area contributed by atoms with Gasteiger partial charge in [-0.05, 0) is 91.0 Å². The van der Waals surface area contributed by atoms with Gasteiger partial charge < -0.3 is 108 Å². The van der Waals surface area contributed by atoms with Crippen molar-refractivity contribution in [3.63, 3.8) is 0 Å². The lowest BCUT2D eigenvalue weighted by Crippen LogP contribution is -2.07. The SMILES string of the molecule is CC(=O)Oc1cc2[nH]ccc2cc1O.CC(=O)Oc1cc2cc[nH]c2cc1OC(C)=O.CC(=O)Oc1cc2ccn(C)c2cc1OC(C)=O.COc1cc2[nH]ccc2cc1O.COc1cc2cc[nH]c2cc1O.Cn1ccc2cc(O)c(O)cc21.O=Cc1cc(O)c2[nH]c3cc(O)c(O)cc3c2c1. The van der Waals surface area contributed by atoms with Gasteiger partial charge in [0.15, 0.2) is 80.5 Å². The Labute approximate surface area is 583 Å². The minimum absolute atomic E-state index is 0.0349. The number of aromatic amines is 5. The molecule has 13 N–H and O–H groups in total. The molecule has 0 aliphatic rings. The molecule has 15 rings (SSSR count). The molecule has 0 radical (unpaired) electrons. The lowest BCUT2D eigenvalue weighted by molar-refractivity contribution is -0.134. The summed E-state index contributed by atoms with van der Waals surface area (Å²) in [6, 6.07) is 36.7. The molecule has 0 saturated heterocycles. The van der Waals surface area contributed by atoms with Crippen LogP contribution < -0.4 is 33.2 Å². The second-order valence-corrected chi connectivity index (χ2v) is 22.6. The summed E-state index contributed by atoms with van der Waals surface area (Å²) in [5.41, 5.74) is 6.66. The Kier molecular flexibility index (Phi) is 22.7. The highest BCUT2D eigenvalue weighted by atomic mass is 16.6. The number of rotatable bonds is 8. The molecule has 0 aliphatic heterocycles. The van der Waals surface area contributed by atoms with E-state index in [1.165, 1.54) is 67.0 Å². The summed E-state index contributed by atoms with van der Waals surface area (Å²) < 4.78 is 38.6. The highest BCUT2D eigenvalue weighted by Gasteiger charge is 2.17. The topological polar surface area (TPSA) is 418 Å². The number of nitrogens with one attached hydrogen (secondary N) is 5. The van der Waals surface area contributed by atoms with E-state index < -0.39 is 29.8 Å². The molecule has 0 aliphatic carbocycles. The zero-order valence-corrected chi connectivity index (χ0v) is 56.5. The molecule has 28 heteroatoms. The number of nitrogens with zero attached hydrogens (tertiary/aromatic N) is 2. The normalized spacial score (nSPS) is 10.5. The molecule has 0 unspecified atom stereocenters. The molecule has 0 bridgehead atoms. The number of aldehydes is 1. The van der Waals surface area contributed by atoms with Gasteiger partial charge in [0.25, 0.3) is 0 Å². The summed E-state index contributed by atoms with van der Waals surface area (Å²) >= 11 is 0. The lowest BCUT2D eigenvalue weighted by atomic mass is 10.1. The fourth-order valence-corrected chi connectivity index (χ4v) is 10.4. The number of H-pyrrole nitrogens is 5. The Morgan fingerprint density at radius 3 is 1.17 bits per heavy atom. The van der Waals surface area contributed by atoms with Gasteiger partial charge in [-0.3, -0.25) is 28.8 Å². The van der Waals surface area contributed by atoms with E-state index in [2.05, 4.69) is 24.9 Å². The summed E-state index contributed by atoms with van der Waals surface area (Å²) in [6.07, 6.45) is 11.5. The molecule has 7 aromatic heterocycles. The monoisotopic (exact) mass is 1400 g/mol. The molecular weight excluding hydrogens is 1330 g/mol. The Morgan fingerprint density at radius 2 is 0.680 bits per heavy atom. The number of aromatic nitrogens is 7. The number of esters is 5. The second kappa shape index (κ2) is 32.0. The van der Waals surface area contributed by atoms with Crippen LogP contribution in [0.5, 0.6) is 86.2 Å². The average molecular weight is 1400 g/mol. The maximum absolute atomic E-state index is 11.0. The lowest BCUT2D eigenvalue weighted by Gasteiger charge is -2.09. The zero-order valence-electron chi connectivity index (χ0n) is 56.5. The van der Waals surface area contributed by atoms with Crippen LogP contribution in [0, 0.1) is 0 Å². The molecule has 0 fully saturated rings. The van der Waals surface area contributed by atoms with Gasteiger partial charge in [0.1, 0.15) is 12.0 Å². The minimum atomic E-state index is -0.468. The van der Waals surface area contributed by atoms with Crippen molar-refractivity contribution in [3.05, 3.63) is 176 Å². The van der Waals surface area contributed by atoms with E-state index in [1.54, 1.807) is 91.3 Å². The van der Waals surface area contributed by atoms with Gasteiger partial charge >= 0.3 is 29.8 Å². The Morgan fingerprint density at radius 1 is 0.340 bits per heavy atom. The summed E-state index contributed by atoms with van der Waals surface area (Å²) in [5.74, 6) is -0.597. The number of carbonyl (C=O) groups excluding carboxylic acids is 6. The maximum Gasteiger partial charge on any atom is 0.308 e. The van der Waals surface area contributed by atoms with Gasteiger partial charge in [-0.15, -0.1) is 0 Å². The summed E-state index contributed by atoms with van der Waals surface area (Å²) in [6.45, 7) is 6.47. The number of methoxy groups -OCH3 is 2. The number of aromatic hydroxyl groups is 8. The standard InChI is InChI=1S/C13H9NO4.C13H13NO4.C12H11NO4.C10H9NO3.3C9H9NO2/c15-5-6-1-8-7-3-10(16)11(17)4-9(7)14-13(8)12(18)2-6;1-8(15)17-12-6-10-4-5-14(3)11(10)7-13(12)18-9(2)16;1-7(14)16-11-5-9-3-4-13-10(9)6-12(11)17-8(2)15;1-6(12)14-10-5-8-7(2-3-11-8)4-9(10)13;1-12-9-4-6-2-3-10-7(6)5-8(9)11;1-12-9-5-7-6(2-3-10-7)4-8(9)11;1-10-3-2-6-4-8(11)9(12)5-7(6)10/h1-5,14,16-18H;4-7H,1-3H3;3-6,13H,1-2H3;2-5,11,13H,1H3;2*2-5,10-11H,1H3;2-5,11-12H,1H3. The molecule has 0 saturated carbocycles. The van der Waals surface area contributed by atoms with Gasteiger partial charge in [0.05, 0.1) is 36.3 Å². The van der Waals surface area contributed by atoms with Crippen molar-refractivity contribution >= 4 is 123 Å². The van der Waals surface area contributed by atoms with Crippen LogP contribution in [0.1, 0.15) is 45.0 Å². The van der Waals surface area contributed by atoms with E-state index >= 15 is 0 Å². The molecule has 0 atom stereocenters. The van der Waals surface area contributed by atoms with E-state index in [0.717, 1.165) is 65.4 Å². The first kappa shape index (κ1) is 73.1. The highest BCUT2D eigenvalue weighted by Crippen LogP contribution is 2.40. The Bertz CT molecular complexity index is 5520. The Hall–Kier alpha value is -14.2. The van der Waals surface area contributed by atoms with Crippen LogP contribution in [0.25, 0.3) is 87.2 Å². The molecule has 530 valence electrons. The third-order valence-electron chi connectivity index (χ3n) is 15.1. The van der Waals surface area contributed by atoms with Crippen molar-refractivity contribution in [2.75, 3.05) is 14.2 Å². The van der Waals surface area contributed by atoms with Gasteiger partial charge in [0.2, 0.25) is 0 Å². The van der Waals surface area contributed by atoms with E-state index in [9.17, 15) is 64.5 Å². The van der Waals surface area contributed by atoms with E-state index in [-0.39, 0.29) is 74.7 Å². The zero-order chi connectivity index (χ0) is 74.5. The Balaban J connectivity index is 0.000000140. The molecule has 0 amide bonds. The number of hydrogen-bond donors (Lipinski definition) is 13. The fraction of sp³-hybridized carbons (Fsp3) is 0.120. The molecule has 8 aromatic carbocycles. The quantitative estimate of drug-likeness (QED) is 0.0291. The first-order chi connectivity index (χ1) is 49.1. The van der Waals surface area contributed by atoms with Crippen LogP contribution in [0.3, 0.4) is 0 Å². The molecule has 15 aromatic rings. The second-order valence-electron chi connectivity index (χ2n) is 22.6. The number of carbonyl (C=O) groups is 6. The summed E-state index contributed by atoms with van der Waals surface area (Å²) in [5, 5.41) is 82.2. The number of hydrogen-bond acceptors (Lipinski definition) is 21. The van der Waals surface area contributed by atoms with Crippen LogP contribution >= 0.6 is 0 Å². The third-order valence-corrected chi connectivity index (χ3v) is 15.1. The largest absolute Gasteiger partial charge is 0.506 e. The smallest absolute Gasteiger partial charge is 0.308 e. The number of fused-ring (bicyclic) bond motifs is 9. The van der Waals surface area contributed by atoms with E-state index in [4.69, 9.17) is 38.3 Å².